The third-order valence-electron chi connectivity index (χ3n) is 6.12. The van der Waals surface area contributed by atoms with Crippen molar-refractivity contribution in [3.63, 3.8) is 0 Å². The first-order valence-electron chi connectivity index (χ1n) is 11.6. The number of aromatic nitrogens is 2. The van der Waals surface area contributed by atoms with Crippen molar-refractivity contribution >= 4 is 33.5 Å². The average molecular weight is 599 g/mol. The number of fused-ring (bicyclic) bond motifs is 1. The molecule has 1 atom stereocenters. The van der Waals surface area contributed by atoms with Crippen LogP contribution >= 0.6 is 0 Å². The fourth-order valence-electron chi connectivity index (χ4n) is 3.75. The van der Waals surface area contributed by atoms with Crippen LogP contribution < -0.4 is 14.4 Å². The lowest BCUT2D eigenvalue weighted by molar-refractivity contribution is -0.242. The van der Waals surface area contributed by atoms with Crippen molar-refractivity contribution in [3.05, 3.63) is 30.1 Å². The minimum Gasteiger partial charge on any atom is -0.486 e. The molecule has 11 nitrogen and oxygen atoms in total. The quantitative estimate of drug-likeness (QED) is 0.408. The number of nitrogens with zero attached hydrogens (tertiary/aromatic N) is 3. The maximum atomic E-state index is 13.7. The standard InChI is InChI=1S/C23H27F5N4O7S/c1-12-17(11-31(30-12)19(24)25)40(36,37)32-10-14(9-21(2,3)18(33)34)38-16-7-6-13(8-15(16)32)29-20(35)39-22(4,5)23(26,27)28/h6-8,11,14,19H,9-10H2,1-5H3,(H,29,35)(H,33,34)/t14-/m0/s1. The molecular formula is C23H27F5N4O7S. The summed E-state index contributed by atoms with van der Waals surface area (Å²) in [6.07, 6.45) is -6.88. The third-order valence-corrected chi connectivity index (χ3v) is 8.01. The van der Waals surface area contributed by atoms with Gasteiger partial charge in [-0.2, -0.15) is 27.1 Å². The lowest BCUT2D eigenvalue weighted by atomic mass is 9.86. The van der Waals surface area contributed by atoms with Crippen LogP contribution in [0.5, 0.6) is 5.75 Å². The van der Waals surface area contributed by atoms with E-state index in [-0.39, 0.29) is 33.9 Å². The molecule has 1 aromatic heterocycles. The number of anilines is 2. The topological polar surface area (TPSA) is 140 Å². The molecule has 40 heavy (non-hydrogen) atoms. The molecule has 17 heteroatoms. The van der Waals surface area contributed by atoms with Gasteiger partial charge in [-0.25, -0.2) is 17.9 Å². The van der Waals surface area contributed by atoms with Crippen LogP contribution in [0.2, 0.25) is 0 Å². The number of aryl methyl sites for hydroxylation is 1. The van der Waals surface area contributed by atoms with E-state index < -0.39 is 63.4 Å². The fraction of sp³-hybridized carbons (Fsp3) is 0.522. The van der Waals surface area contributed by atoms with Gasteiger partial charge < -0.3 is 14.6 Å². The second kappa shape index (κ2) is 10.4. The second-order valence-electron chi connectivity index (χ2n) is 10.2. The van der Waals surface area contributed by atoms with Gasteiger partial charge in [0.15, 0.2) is 0 Å². The first kappa shape index (κ1) is 30.9. The van der Waals surface area contributed by atoms with Crippen LogP contribution in [-0.2, 0) is 19.6 Å². The summed E-state index contributed by atoms with van der Waals surface area (Å²) in [6, 6.07) is 3.51. The summed E-state index contributed by atoms with van der Waals surface area (Å²) >= 11 is 0. The number of halogens is 5. The maximum absolute atomic E-state index is 13.7. The van der Waals surface area contributed by atoms with Crippen molar-refractivity contribution in [2.75, 3.05) is 16.2 Å². The number of carboxylic acid groups (broad SMARTS) is 1. The van der Waals surface area contributed by atoms with Crippen molar-refractivity contribution < 1.29 is 54.5 Å². The van der Waals surface area contributed by atoms with Gasteiger partial charge in [0.05, 0.1) is 29.5 Å². The number of carbonyl (C=O) groups is 2. The first-order chi connectivity index (χ1) is 18.2. The van der Waals surface area contributed by atoms with Crippen molar-refractivity contribution in [1.29, 1.82) is 0 Å². The van der Waals surface area contributed by atoms with E-state index in [1.54, 1.807) is 0 Å². The number of rotatable bonds is 8. The number of amides is 1. The van der Waals surface area contributed by atoms with Crippen molar-refractivity contribution in [2.24, 2.45) is 5.41 Å². The number of carbonyl (C=O) groups excluding carboxylic acids is 1. The van der Waals surface area contributed by atoms with E-state index in [1.807, 2.05) is 0 Å². The lowest BCUT2D eigenvalue weighted by Gasteiger charge is -2.37. The van der Waals surface area contributed by atoms with E-state index in [0.29, 0.717) is 20.0 Å². The van der Waals surface area contributed by atoms with Gasteiger partial charge in [-0.15, -0.1) is 0 Å². The Morgan fingerprint density at radius 2 is 1.85 bits per heavy atom. The summed E-state index contributed by atoms with van der Waals surface area (Å²) in [5.41, 5.74) is -4.79. The van der Waals surface area contributed by atoms with Crippen LogP contribution in [0.15, 0.2) is 29.3 Å². The van der Waals surface area contributed by atoms with Gasteiger partial charge in [-0.1, -0.05) is 0 Å². The predicted octanol–water partition coefficient (Wildman–Crippen LogP) is 4.93. The second-order valence-corrected chi connectivity index (χ2v) is 12.0. The minimum absolute atomic E-state index is 0.0746. The molecule has 2 aromatic rings. The number of alkyl halides is 5. The van der Waals surface area contributed by atoms with Crippen molar-refractivity contribution in [3.8, 4) is 5.75 Å². The Labute approximate surface area is 225 Å². The smallest absolute Gasteiger partial charge is 0.427 e. The van der Waals surface area contributed by atoms with Gasteiger partial charge in [0, 0.05) is 12.1 Å². The molecule has 0 saturated heterocycles. The highest BCUT2D eigenvalue weighted by Crippen LogP contribution is 2.42. The minimum atomic E-state index is -4.88. The molecule has 1 amide bonds. The molecule has 0 unspecified atom stereocenters. The molecule has 1 aliphatic heterocycles. The molecule has 0 radical (unpaired) electrons. The highest BCUT2D eigenvalue weighted by atomic mass is 32.2. The normalized spacial score (nSPS) is 16.4. The maximum Gasteiger partial charge on any atom is 0.427 e. The highest BCUT2D eigenvalue weighted by molar-refractivity contribution is 7.92. The highest BCUT2D eigenvalue weighted by Gasteiger charge is 2.51. The zero-order chi connectivity index (χ0) is 30.4. The molecule has 222 valence electrons. The Morgan fingerprint density at radius 3 is 2.38 bits per heavy atom. The lowest BCUT2D eigenvalue weighted by Crippen LogP contribution is -2.46. The predicted molar refractivity (Wildman–Crippen MR) is 130 cm³/mol. The molecule has 0 bridgehead atoms. The van der Waals surface area contributed by atoms with Crippen molar-refractivity contribution in [2.45, 2.75) is 70.4 Å². The Balaban J connectivity index is 2.04. The number of carboxylic acids is 1. The Bertz CT molecular complexity index is 1410. The summed E-state index contributed by atoms with van der Waals surface area (Å²) in [4.78, 5) is 23.3. The SMILES string of the molecule is Cc1nn(C(F)F)cc1S(=O)(=O)N1C[C@H](CC(C)(C)C(=O)O)Oc2ccc(NC(=O)OC(C)(C)C(F)(F)F)cc21. The fourth-order valence-corrected chi connectivity index (χ4v) is 5.41. The van der Waals surface area contributed by atoms with E-state index in [9.17, 15) is 45.1 Å². The molecule has 0 spiro atoms. The molecule has 0 aliphatic carbocycles. The summed E-state index contributed by atoms with van der Waals surface area (Å²) in [5.74, 6) is -1.25. The van der Waals surface area contributed by atoms with Gasteiger partial charge in [0.25, 0.3) is 10.0 Å². The zero-order valence-electron chi connectivity index (χ0n) is 21.9. The first-order valence-corrected chi connectivity index (χ1v) is 13.1. The van der Waals surface area contributed by atoms with E-state index in [1.165, 1.54) is 32.9 Å². The van der Waals surface area contributed by atoms with Gasteiger partial charge in [-0.05, 0) is 52.8 Å². The van der Waals surface area contributed by atoms with Crippen LogP contribution in [0.1, 0.15) is 46.4 Å². The Morgan fingerprint density at radius 1 is 1.23 bits per heavy atom. The third kappa shape index (κ3) is 6.23. The largest absolute Gasteiger partial charge is 0.486 e. The van der Waals surface area contributed by atoms with Crippen LogP contribution in [0.3, 0.4) is 0 Å². The van der Waals surface area contributed by atoms with Crippen LogP contribution in [0.25, 0.3) is 0 Å². The van der Waals surface area contributed by atoms with Crippen molar-refractivity contribution in [1.82, 2.24) is 9.78 Å². The summed E-state index contributed by atoms with van der Waals surface area (Å²) in [5, 5.41) is 15.1. The van der Waals surface area contributed by atoms with Gasteiger partial charge in [0.2, 0.25) is 5.60 Å². The molecule has 1 aromatic carbocycles. The molecule has 0 fully saturated rings. The Kier molecular flexibility index (Phi) is 8.04. The van der Waals surface area contributed by atoms with E-state index in [2.05, 4.69) is 15.2 Å². The Hall–Kier alpha value is -3.63. The average Bonchev–Trinajstić information content (AvgIpc) is 3.20. The molecule has 3 rings (SSSR count). The summed E-state index contributed by atoms with van der Waals surface area (Å²) < 4.78 is 104. The number of sulfonamides is 1. The molecule has 2 heterocycles. The van der Waals surface area contributed by atoms with E-state index >= 15 is 0 Å². The van der Waals surface area contributed by atoms with Crippen LogP contribution in [0, 0.1) is 12.3 Å². The number of ether oxygens (including phenoxy) is 2. The molecule has 0 saturated carbocycles. The molecule has 2 N–H and O–H groups in total. The number of hydrogen-bond donors (Lipinski definition) is 2. The number of nitrogens with one attached hydrogen (secondary N) is 1. The van der Waals surface area contributed by atoms with Gasteiger partial charge in [0.1, 0.15) is 16.7 Å². The molecular weight excluding hydrogens is 571 g/mol. The summed E-state index contributed by atoms with van der Waals surface area (Å²) in [7, 11) is -4.62. The van der Waals surface area contributed by atoms with E-state index in [0.717, 1.165) is 10.4 Å². The number of benzene rings is 1. The molecule has 1 aliphatic rings. The number of hydrogen-bond acceptors (Lipinski definition) is 7. The van der Waals surface area contributed by atoms with Gasteiger partial charge in [-0.3, -0.25) is 14.4 Å². The zero-order valence-corrected chi connectivity index (χ0v) is 22.7. The van der Waals surface area contributed by atoms with E-state index in [4.69, 9.17) is 4.74 Å². The monoisotopic (exact) mass is 598 g/mol. The van der Waals surface area contributed by atoms with Crippen LogP contribution in [0.4, 0.5) is 38.1 Å². The van der Waals surface area contributed by atoms with Gasteiger partial charge >= 0.3 is 24.8 Å². The number of aliphatic carboxylic acids is 1. The van der Waals surface area contributed by atoms with Crippen LogP contribution in [-0.4, -0.2) is 59.8 Å². The summed E-state index contributed by atoms with van der Waals surface area (Å²) in [6.45, 7) is 1.71.